The minimum absolute atomic E-state index is 0.151. The Balaban J connectivity index is 1.69. The lowest BCUT2D eigenvalue weighted by molar-refractivity contribution is -0.146. The van der Waals surface area contributed by atoms with Crippen molar-refractivity contribution >= 4 is 22.6 Å². The van der Waals surface area contributed by atoms with Gasteiger partial charge in [-0.2, -0.15) is 13.2 Å². The van der Waals surface area contributed by atoms with Gasteiger partial charge in [-0.3, -0.25) is 4.79 Å². The van der Waals surface area contributed by atoms with E-state index in [-0.39, 0.29) is 11.4 Å². The molecule has 0 aliphatic rings. The van der Waals surface area contributed by atoms with Crippen molar-refractivity contribution in [3.8, 4) is 0 Å². The minimum Gasteiger partial charge on any atom is -0.324 e. The molecule has 30 heavy (non-hydrogen) atoms. The lowest BCUT2D eigenvalue weighted by Crippen LogP contribution is -2.27. The Morgan fingerprint density at radius 3 is 2.50 bits per heavy atom. The Morgan fingerprint density at radius 1 is 1.13 bits per heavy atom. The van der Waals surface area contributed by atoms with Gasteiger partial charge in [-0.15, -0.1) is 0 Å². The maximum absolute atomic E-state index is 13.2. The van der Waals surface area contributed by atoms with Crippen LogP contribution in [-0.2, 0) is 18.0 Å². The number of anilines is 1. The number of benzene rings is 2. The van der Waals surface area contributed by atoms with Gasteiger partial charge in [-0.25, -0.2) is 9.97 Å². The Kier molecular flexibility index (Phi) is 4.81. The molecule has 1 atom stereocenters. The van der Waals surface area contributed by atoms with Gasteiger partial charge in [0.1, 0.15) is 11.9 Å². The van der Waals surface area contributed by atoms with Crippen molar-refractivity contribution in [1.29, 1.82) is 0 Å². The molecule has 2 aromatic heterocycles. The summed E-state index contributed by atoms with van der Waals surface area (Å²) in [5.74, 6) is -0.667. The number of halogens is 3. The number of nitrogens with zero attached hydrogens (tertiary/aromatic N) is 4. The van der Waals surface area contributed by atoms with Gasteiger partial charge in [-0.05, 0) is 30.7 Å². The molecule has 4 aromatic rings. The smallest absolute Gasteiger partial charge is 0.324 e. The Morgan fingerprint density at radius 2 is 1.87 bits per heavy atom. The standard InChI is InChI=1S/C21H18F3N5O/c1-13-25-10-11-29(13)18(14-6-4-3-5-7-14)19(30)26-15-8-9-17-16(12-15)27-20(28(17)2)21(22,23)24/h3-12,18H,1-2H3,(H,26,30). The van der Waals surface area contributed by atoms with Crippen molar-refractivity contribution < 1.29 is 18.0 Å². The first-order chi connectivity index (χ1) is 14.3. The number of aryl methyl sites for hydroxylation is 2. The molecular formula is C21H18F3N5O. The van der Waals surface area contributed by atoms with Crippen LogP contribution in [0.15, 0.2) is 60.9 Å². The van der Waals surface area contributed by atoms with Crippen molar-refractivity contribution in [2.75, 3.05) is 5.32 Å². The van der Waals surface area contributed by atoms with Crippen LogP contribution in [0.4, 0.5) is 18.9 Å². The Labute approximate surface area is 170 Å². The number of fused-ring (bicyclic) bond motifs is 1. The van der Waals surface area contributed by atoms with Gasteiger partial charge in [0.2, 0.25) is 5.82 Å². The number of hydrogen-bond donors (Lipinski definition) is 1. The lowest BCUT2D eigenvalue weighted by atomic mass is 10.1. The maximum atomic E-state index is 13.2. The van der Waals surface area contributed by atoms with E-state index in [2.05, 4.69) is 15.3 Å². The molecule has 1 N–H and O–H groups in total. The molecule has 1 unspecified atom stereocenters. The van der Waals surface area contributed by atoms with Crippen LogP contribution in [0.3, 0.4) is 0 Å². The van der Waals surface area contributed by atoms with Crippen LogP contribution < -0.4 is 5.32 Å². The average Bonchev–Trinajstić information content (AvgIpc) is 3.26. The molecule has 2 aromatic carbocycles. The number of hydrogen-bond acceptors (Lipinski definition) is 3. The molecule has 0 radical (unpaired) electrons. The zero-order chi connectivity index (χ0) is 21.5. The number of amides is 1. The molecule has 0 bridgehead atoms. The predicted molar refractivity (Wildman–Crippen MR) is 106 cm³/mol. The first-order valence-corrected chi connectivity index (χ1v) is 9.14. The summed E-state index contributed by atoms with van der Waals surface area (Å²) in [6.07, 6.45) is -1.24. The number of nitrogens with one attached hydrogen (secondary N) is 1. The van der Waals surface area contributed by atoms with Crippen molar-refractivity contribution in [1.82, 2.24) is 19.1 Å². The lowest BCUT2D eigenvalue weighted by Gasteiger charge is -2.20. The van der Waals surface area contributed by atoms with E-state index in [4.69, 9.17) is 0 Å². The summed E-state index contributed by atoms with van der Waals surface area (Å²) < 4.78 is 42.1. The van der Waals surface area contributed by atoms with Gasteiger partial charge in [0.05, 0.1) is 11.0 Å². The molecule has 0 aliphatic heterocycles. The summed E-state index contributed by atoms with van der Waals surface area (Å²) in [5.41, 5.74) is 1.59. The summed E-state index contributed by atoms with van der Waals surface area (Å²) >= 11 is 0. The quantitative estimate of drug-likeness (QED) is 0.542. The SMILES string of the molecule is Cc1nccn1C(C(=O)Nc1ccc2c(c1)nc(C(F)(F)F)n2C)c1ccccc1. The van der Waals surface area contributed by atoms with Crippen LogP contribution in [0, 0.1) is 6.92 Å². The summed E-state index contributed by atoms with van der Waals surface area (Å²) in [5, 5.41) is 2.80. The highest BCUT2D eigenvalue weighted by molar-refractivity contribution is 5.97. The second kappa shape index (κ2) is 7.33. The number of carbonyl (C=O) groups excluding carboxylic acids is 1. The fourth-order valence-electron chi connectivity index (χ4n) is 3.48. The van der Waals surface area contributed by atoms with Gasteiger partial charge in [0.25, 0.3) is 5.91 Å². The predicted octanol–water partition coefficient (Wildman–Crippen LogP) is 4.33. The fraction of sp³-hybridized carbons (Fsp3) is 0.190. The fourth-order valence-corrected chi connectivity index (χ4v) is 3.48. The van der Waals surface area contributed by atoms with Crippen molar-refractivity contribution in [2.45, 2.75) is 19.1 Å². The van der Waals surface area contributed by atoms with Gasteiger partial charge < -0.3 is 14.5 Å². The number of rotatable bonds is 4. The number of imidazole rings is 2. The molecule has 4 rings (SSSR count). The topological polar surface area (TPSA) is 64.7 Å². The maximum Gasteiger partial charge on any atom is 0.449 e. The molecule has 0 aliphatic carbocycles. The highest BCUT2D eigenvalue weighted by Crippen LogP contribution is 2.31. The normalized spacial score (nSPS) is 12.8. The summed E-state index contributed by atoms with van der Waals surface area (Å²) in [6.45, 7) is 1.79. The molecule has 0 saturated carbocycles. The van der Waals surface area contributed by atoms with Crippen molar-refractivity contribution in [2.24, 2.45) is 7.05 Å². The van der Waals surface area contributed by atoms with E-state index in [1.54, 1.807) is 30.0 Å². The molecule has 154 valence electrons. The average molecular weight is 413 g/mol. The molecular weight excluding hydrogens is 395 g/mol. The monoisotopic (exact) mass is 413 g/mol. The zero-order valence-corrected chi connectivity index (χ0v) is 16.2. The summed E-state index contributed by atoms with van der Waals surface area (Å²) in [6, 6.07) is 13.0. The second-order valence-corrected chi connectivity index (χ2v) is 6.88. The van der Waals surface area contributed by atoms with Gasteiger partial charge in [0, 0.05) is 25.1 Å². The second-order valence-electron chi connectivity index (χ2n) is 6.88. The van der Waals surface area contributed by atoms with Gasteiger partial charge >= 0.3 is 6.18 Å². The van der Waals surface area contributed by atoms with Gasteiger partial charge in [-0.1, -0.05) is 30.3 Å². The van der Waals surface area contributed by atoms with Crippen LogP contribution in [0.5, 0.6) is 0 Å². The molecule has 9 heteroatoms. The largest absolute Gasteiger partial charge is 0.449 e. The Hall–Kier alpha value is -3.62. The number of alkyl halides is 3. The Bertz CT molecular complexity index is 1210. The first kappa shape index (κ1) is 19.7. The summed E-state index contributed by atoms with van der Waals surface area (Å²) in [7, 11) is 1.31. The van der Waals surface area contributed by atoms with E-state index < -0.39 is 18.0 Å². The van der Waals surface area contributed by atoms with Crippen LogP contribution in [0.1, 0.15) is 23.3 Å². The first-order valence-electron chi connectivity index (χ1n) is 9.14. The van der Waals surface area contributed by atoms with Crippen LogP contribution >= 0.6 is 0 Å². The third-order valence-corrected chi connectivity index (χ3v) is 4.91. The number of carbonyl (C=O) groups is 1. The summed E-state index contributed by atoms with van der Waals surface area (Å²) in [4.78, 5) is 21.0. The van der Waals surface area contributed by atoms with Crippen LogP contribution in [0.2, 0.25) is 0 Å². The van der Waals surface area contributed by atoms with Crippen LogP contribution in [0.25, 0.3) is 11.0 Å². The number of aromatic nitrogens is 4. The molecule has 0 spiro atoms. The van der Waals surface area contributed by atoms with E-state index in [0.29, 0.717) is 17.0 Å². The molecule has 2 heterocycles. The van der Waals surface area contributed by atoms with E-state index in [1.165, 1.54) is 19.2 Å². The molecule has 1 amide bonds. The molecule has 0 saturated heterocycles. The zero-order valence-electron chi connectivity index (χ0n) is 16.2. The highest BCUT2D eigenvalue weighted by atomic mass is 19.4. The van der Waals surface area contributed by atoms with Crippen molar-refractivity contribution in [3.05, 3.63) is 78.1 Å². The van der Waals surface area contributed by atoms with E-state index in [0.717, 1.165) is 10.1 Å². The molecule has 6 nitrogen and oxygen atoms in total. The van der Waals surface area contributed by atoms with E-state index in [1.807, 2.05) is 30.3 Å². The van der Waals surface area contributed by atoms with Crippen molar-refractivity contribution in [3.63, 3.8) is 0 Å². The minimum atomic E-state index is -4.56. The van der Waals surface area contributed by atoms with E-state index >= 15 is 0 Å². The van der Waals surface area contributed by atoms with E-state index in [9.17, 15) is 18.0 Å². The third kappa shape index (κ3) is 3.54. The third-order valence-electron chi connectivity index (χ3n) is 4.91. The van der Waals surface area contributed by atoms with Gasteiger partial charge in [0.15, 0.2) is 0 Å². The highest BCUT2D eigenvalue weighted by Gasteiger charge is 2.36. The molecule has 0 fully saturated rings. The van der Waals surface area contributed by atoms with Crippen LogP contribution in [-0.4, -0.2) is 25.0 Å².